The first-order valence-electron chi connectivity index (χ1n) is 4.89. The van der Waals surface area contributed by atoms with E-state index in [4.69, 9.17) is 9.47 Å². The molecule has 0 radical (unpaired) electrons. The van der Waals surface area contributed by atoms with E-state index >= 15 is 0 Å². The first-order valence-corrected chi connectivity index (χ1v) is 4.89. The minimum Gasteiger partial charge on any atom is -0.462 e. The van der Waals surface area contributed by atoms with Crippen molar-refractivity contribution in [2.24, 2.45) is 0 Å². The van der Waals surface area contributed by atoms with Gasteiger partial charge in [-0.2, -0.15) is 0 Å². The predicted molar refractivity (Wildman–Crippen MR) is 55.3 cm³/mol. The molecule has 0 amide bonds. The topological polar surface area (TPSA) is 55.8 Å². The van der Waals surface area contributed by atoms with E-state index in [1.165, 1.54) is 6.92 Å². The molecule has 4 nitrogen and oxygen atoms in total. The zero-order valence-electron chi connectivity index (χ0n) is 8.76. The second kappa shape index (κ2) is 5.68. The second-order valence-electron chi connectivity index (χ2n) is 3.41. The van der Waals surface area contributed by atoms with E-state index in [0.29, 0.717) is 6.42 Å². The Kier molecular flexibility index (Phi) is 4.52. The number of ether oxygens (including phenoxy) is 2. The summed E-state index contributed by atoms with van der Waals surface area (Å²) in [6, 6.07) is 0. The minimum atomic E-state index is -0.495. The van der Waals surface area contributed by atoms with Gasteiger partial charge in [-0.3, -0.25) is 4.79 Å². The summed E-state index contributed by atoms with van der Waals surface area (Å²) in [7, 11) is 0. The lowest BCUT2D eigenvalue weighted by Gasteiger charge is -2.07. The van der Waals surface area contributed by atoms with Crippen molar-refractivity contribution < 1.29 is 19.4 Å². The molecule has 1 heterocycles. The van der Waals surface area contributed by atoms with Crippen LogP contribution in [0.2, 0.25) is 0 Å². The maximum Gasteiger partial charge on any atom is 0.302 e. The van der Waals surface area contributed by atoms with Crippen LogP contribution in [0.5, 0.6) is 0 Å². The number of rotatable bonds is 4. The van der Waals surface area contributed by atoms with Gasteiger partial charge in [-0.05, 0) is 6.08 Å². The summed E-state index contributed by atoms with van der Waals surface area (Å²) >= 11 is 0. The van der Waals surface area contributed by atoms with Gasteiger partial charge in [0.25, 0.3) is 0 Å². The average Bonchev–Trinajstić information content (AvgIpc) is 2.53. The lowest BCUT2D eigenvalue weighted by atomic mass is 10.1. The molecule has 0 aromatic rings. The van der Waals surface area contributed by atoms with E-state index in [0.717, 1.165) is 0 Å². The molecule has 0 aliphatic carbocycles. The molecule has 3 atom stereocenters. The summed E-state index contributed by atoms with van der Waals surface area (Å²) in [5, 5.41) is 9.49. The Hall–Kier alpha value is -1.13. The van der Waals surface area contributed by atoms with Crippen molar-refractivity contribution in [2.75, 3.05) is 6.61 Å². The Morgan fingerprint density at radius 1 is 1.73 bits per heavy atom. The Bertz CT molecular complexity index is 259. The zero-order chi connectivity index (χ0) is 11.3. The highest BCUT2D eigenvalue weighted by Crippen LogP contribution is 2.21. The molecule has 1 aliphatic heterocycles. The molecular formula is C11H16O4. The van der Waals surface area contributed by atoms with Crippen molar-refractivity contribution in [3.63, 3.8) is 0 Å². The Morgan fingerprint density at radius 2 is 2.47 bits per heavy atom. The summed E-state index contributed by atoms with van der Waals surface area (Å²) in [5.41, 5.74) is 0. The molecule has 0 aromatic carbocycles. The molecule has 0 unspecified atom stereocenters. The second-order valence-corrected chi connectivity index (χ2v) is 3.41. The number of carbonyl (C=O) groups excluding carboxylic acids is 1. The van der Waals surface area contributed by atoms with Gasteiger partial charge in [0.05, 0.1) is 12.2 Å². The smallest absolute Gasteiger partial charge is 0.302 e. The Morgan fingerprint density at radius 3 is 3.00 bits per heavy atom. The lowest BCUT2D eigenvalue weighted by molar-refractivity contribution is -0.139. The summed E-state index contributed by atoms with van der Waals surface area (Å²) in [5.74, 6) is -0.309. The van der Waals surface area contributed by atoms with Crippen LogP contribution < -0.4 is 0 Å². The van der Waals surface area contributed by atoms with Gasteiger partial charge in [-0.25, -0.2) is 0 Å². The summed E-state index contributed by atoms with van der Waals surface area (Å²) in [4.78, 5) is 10.4. The van der Waals surface area contributed by atoms with Gasteiger partial charge in [0.15, 0.2) is 0 Å². The highest BCUT2D eigenvalue weighted by molar-refractivity contribution is 5.65. The third kappa shape index (κ3) is 3.85. The van der Waals surface area contributed by atoms with Crippen LogP contribution in [-0.2, 0) is 14.3 Å². The molecule has 1 aliphatic rings. The molecule has 0 aromatic heterocycles. The van der Waals surface area contributed by atoms with Crippen molar-refractivity contribution in [1.29, 1.82) is 0 Å². The monoisotopic (exact) mass is 212 g/mol. The molecule has 1 N–H and O–H groups in total. The summed E-state index contributed by atoms with van der Waals surface area (Å²) in [6.45, 7) is 5.17. The van der Waals surface area contributed by atoms with E-state index < -0.39 is 6.10 Å². The fourth-order valence-corrected chi connectivity index (χ4v) is 1.43. The molecule has 0 bridgehead atoms. The van der Waals surface area contributed by atoms with Gasteiger partial charge >= 0.3 is 5.97 Å². The van der Waals surface area contributed by atoms with Crippen LogP contribution in [0.3, 0.4) is 0 Å². The van der Waals surface area contributed by atoms with Crippen LogP contribution in [0.1, 0.15) is 13.3 Å². The number of hydrogen-bond acceptors (Lipinski definition) is 4. The number of hydrogen-bond donors (Lipinski definition) is 1. The van der Waals surface area contributed by atoms with Crippen LogP contribution in [0.15, 0.2) is 24.8 Å². The first-order chi connectivity index (χ1) is 7.13. The van der Waals surface area contributed by atoms with Crippen molar-refractivity contribution >= 4 is 5.97 Å². The molecular weight excluding hydrogens is 196 g/mol. The van der Waals surface area contributed by atoms with Gasteiger partial charge in [0, 0.05) is 13.3 Å². The van der Waals surface area contributed by atoms with Gasteiger partial charge in [-0.1, -0.05) is 12.2 Å². The molecule has 15 heavy (non-hydrogen) atoms. The number of aliphatic hydroxyl groups is 1. The minimum absolute atomic E-state index is 0.126. The van der Waals surface area contributed by atoms with E-state index in [1.807, 2.05) is 0 Å². The Balaban J connectivity index is 2.28. The van der Waals surface area contributed by atoms with E-state index in [-0.39, 0.29) is 24.8 Å². The zero-order valence-corrected chi connectivity index (χ0v) is 8.76. The van der Waals surface area contributed by atoms with Crippen LogP contribution in [0.4, 0.5) is 0 Å². The quantitative estimate of drug-likeness (QED) is 0.553. The fourth-order valence-electron chi connectivity index (χ4n) is 1.43. The predicted octanol–water partition coefficient (Wildman–Crippen LogP) is 0.810. The highest BCUT2D eigenvalue weighted by Gasteiger charge is 2.29. The van der Waals surface area contributed by atoms with E-state index in [1.54, 1.807) is 18.2 Å². The highest BCUT2D eigenvalue weighted by atomic mass is 16.5. The molecule has 0 spiro atoms. The molecule has 1 rings (SSSR count). The molecule has 4 heteroatoms. The van der Waals surface area contributed by atoms with E-state index in [2.05, 4.69) is 6.58 Å². The van der Waals surface area contributed by atoms with Gasteiger partial charge in [0.1, 0.15) is 12.7 Å². The summed E-state index contributed by atoms with van der Waals surface area (Å²) in [6.07, 6.45) is 4.72. The Labute approximate surface area is 89.2 Å². The van der Waals surface area contributed by atoms with Crippen molar-refractivity contribution in [3.8, 4) is 0 Å². The number of esters is 1. The van der Waals surface area contributed by atoms with Crippen LogP contribution in [0, 0.1) is 0 Å². The number of carbonyl (C=O) groups is 1. The third-order valence-electron chi connectivity index (χ3n) is 2.15. The van der Waals surface area contributed by atoms with Crippen molar-refractivity contribution in [3.05, 3.63) is 24.8 Å². The van der Waals surface area contributed by atoms with Gasteiger partial charge in [-0.15, -0.1) is 6.58 Å². The third-order valence-corrected chi connectivity index (χ3v) is 2.15. The molecule has 1 saturated heterocycles. The fraction of sp³-hybridized carbons (Fsp3) is 0.545. The number of aliphatic hydroxyl groups excluding tert-OH is 1. The molecule has 84 valence electrons. The van der Waals surface area contributed by atoms with Gasteiger partial charge < -0.3 is 14.6 Å². The van der Waals surface area contributed by atoms with E-state index in [9.17, 15) is 9.90 Å². The maximum absolute atomic E-state index is 10.4. The maximum atomic E-state index is 10.4. The molecule has 0 saturated carbocycles. The largest absolute Gasteiger partial charge is 0.462 e. The summed E-state index contributed by atoms with van der Waals surface area (Å²) < 4.78 is 10.2. The van der Waals surface area contributed by atoms with Crippen LogP contribution in [-0.4, -0.2) is 36.0 Å². The van der Waals surface area contributed by atoms with Crippen LogP contribution in [0.25, 0.3) is 0 Å². The lowest BCUT2D eigenvalue weighted by Crippen LogP contribution is -2.17. The standard InChI is InChI=1S/C11H16O4/c1-3-11-10(13)7-9(15-11)5-4-6-14-8(2)12/h3-5,9-11,13H,1,6-7H2,2H3/b5-4+/t9-,10+,11-/m0/s1. The first kappa shape index (κ1) is 11.9. The average molecular weight is 212 g/mol. The normalized spacial score (nSPS) is 30.7. The van der Waals surface area contributed by atoms with Crippen molar-refractivity contribution in [2.45, 2.75) is 31.7 Å². The van der Waals surface area contributed by atoms with Crippen LogP contribution >= 0.6 is 0 Å². The van der Waals surface area contributed by atoms with Gasteiger partial charge in [0.2, 0.25) is 0 Å². The van der Waals surface area contributed by atoms with Crippen molar-refractivity contribution in [1.82, 2.24) is 0 Å². The SMILES string of the molecule is C=C[C@@H]1O[C@@H](/C=C/COC(C)=O)C[C@H]1O. The molecule has 1 fully saturated rings.